The lowest BCUT2D eigenvalue weighted by Gasteiger charge is -2.17. The second kappa shape index (κ2) is 12.6. The van der Waals surface area contributed by atoms with E-state index in [1.807, 2.05) is 13.0 Å². The van der Waals surface area contributed by atoms with Crippen LogP contribution in [0, 0.1) is 18.6 Å². The predicted molar refractivity (Wildman–Crippen MR) is 171 cm³/mol. The molecule has 0 spiro atoms. The first kappa shape index (κ1) is 31.4. The molecule has 47 heavy (non-hydrogen) atoms. The summed E-state index contributed by atoms with van der Waals surface area (Å²) in [5, 5.41) is 22.8. The van der Waals surface area contributed by atoms with Gasteiger partial charge in [-0.1, -0.05) is 48.5 Å². The fraction of sp³-hybridized carbons (Fsp3) is 0.147. The molecule has 5 aromatic rings. The highest BCUT2D eigenvalue weighted by atomic mass is 35.5. The maximum Gasteiger partial charge on any atom is 0.270 e. The van der Waals surface area contributed by atoms with Crippen molar-refractivity contribution in [3.63, 3.8) is 0 Å². The number of carbonyl (C=O) groups is 3. The maximum atomic E-state index is 13.8. The van der Waals surface area contributed by atoms with Crippen molar-refractivity contribution in [2.75, 3.05) is 5.32 Å². The van der Waals surface area contributed by atoms with E-state index >= 15 is 0 Å². The van der Waals surface area contributed by atoms with Gasteiger partial charge in [0.05, 0.1) is 22.9 Å². The van der Waals surface area contributed by atoms with Crippen molar-refractivity contribution in [2.45, 2.75) is 32.4 Å². The van der Waals surface area contributed by atoms with Gasteiger partial charge in [0.25, 0.3) is 17.7 Å². The number of hydrogen-bond acceptors (Lipinski definition) is 6. The number of para-hydroxylation sites is 1. The third-order valence-corrected chi connectivity index (χ3v) is 8.38. The summed E-state index contributed by atoms with van der Waals surface area (Å²) in [6.45, 7) is 5.34. The Morgan fingerprint density at radius 2 is 1.81 bits per heavy atom. The van der Waals surface area contributed by atoms with Crippen LogP contribution in [0.1, 0.15) is 71.6 Å². The summed E-state index contributed by atoms with van der Waals surface area (Å²) in [6, 6.07) is 14.3. The number of carbonyl (C=O) groups excluding carboxylic acids is 3. The van der Waals surface area contributed by atoms with Gasteiger partial charge in [-0.3, -0.25) is 14.4 Å². The Labute approximate surface area is 272 Å². The summed E-state index contributed by atoms with van der Waals surface area (Å²) in [5.41, 5.74) is 3.62. The lowest BCUT2D eigenvalue weighted by atomic mass is 9.97. The number of aromatic nitrogens is 3. The molecule has 13 heteroatoms. The van der Waals surface area contributed by atoms with Gasteiger partial charge < -0.3 is 21.1 Å². The number of benzene rings is 3. The fourth-order valence-corrected chi connectivity index (χ4v) is 5.83. The first-order chi connectivity index (χ1) is 22.5. The second-order valence-electron chi connectivity index (χ2n) is 11.0. The van der Waals surface area contributed by atoms with Crippen molar-refractivity contribution in [2.24, 2.45) is 0 Å². The zero-order valence-electron chi connectivity index (χ0n) is 24.9. The summed E-state index contributed by atoms with van der Waals surface area (Å²) in [6.07, 6.45) is 2.47. The number of fused-ring (bicyclic) bond motifs is 2. The summed E-state index contributed by atoms with van der Waals surface area (Å²) < 4.78 is 28.3. The van der Waals surface area contributed by atoms with Crippen LogP contribution < -0.4 is 16.0 Å². The minimum Gasteiger partial charge on any atom is -0.508 e. The standard InChI is InChI=1S/C34H27ClF2N6O4/c1-17-20(18(2)44)8-9-22-21(17)10-12-27(22)41-34(47)30-14-29(33(46)38-15-19-7-11-25(36)26(37)13-19)40-31-23(16-39-43(30)31)32(45)42-28-6-4-3-5-24(28)35/h3-9,11,13-14,16,27,44H,2,10,12,15H2,1H3,(H,38,46)(H,41,47)(H,42,45)/t27-/m0/s1. The van der Waals surface area contributed by atoms with E-state index in [-0.39, 0.29) is 40.9 Å². The SMILES string of the molecule is C=C(O)c1ccc2c(c1C)CC[C@@H]2NC(=O)c1cc(C(=O)NCc2ccc(F)c(F)c2)nc2c(C(=O)Nc3ccccc3Cl)cnn12. The average Bonchev–Trinajstić information content (AvgIpc) is 3.67. The van der Waals surface area contributed by atoms with Crippen LogP contribution in [0.4, 0.5) is 14.5 Å². The van der Waals surface area contributed by atoms with Crippen LogP contribution in [0.3, 0.4) is 0 Å². The van der Waals surface area contributed by atoms with Crippen molar-refractivity contribution < 1.29 is 28.3 Å². The van der Waals surface area contributed by atoms with Gasteiger partial charge in [0, 0.05) is 18.2 Å². The van der Waals surface area contributed by atoms with E-state index in [4.69, 9.17) is 11.6 Å². The normalized spacial score (nSPS) is 13.7. The van der Waals surface area contributed by atoms with Gasteiger partial charge in [-0.15, -0.1) is 0 Å². The highest BCUT2D eigenvalue weighted by molar-refractivity contribution is 6.34. The van der Waals surface area contributed by atoms with Crippen molar-refractivity contribution in [1.82, 2.24) is 25.2 Å². The molecule has 1 atom stereocenters. The minimum absolute atomic E-state index is 0.0344. The van der Waals surface area contributed by atoms with E-state index in [1.54, 1.807) is 30.3 Å². The van der Waals surface area contributed by atoms with Crippen molar-refractivity contribution in [1.29, 1.82) is 0 Å². The Morgan fingerprint density at radius 1 is 1.02 bits per heavy atom. The van der Waals surface area contributed by atoms with E-state index in [0.717, 1.165) is 28.8 Å². The van der Waals surface area contributed by atoms with Gasteiger partial charge in [-0.25, -0.2) is 18.3 Å². The van der Waals surface area contributed by atoms with E-state index in [0.29, 0.717) is 34.7 Å². The number of amides is 3. The molecular formula is C34H27ClF2N6O4. The van der Waals surface area contributed by atoms with Crippen molar-refractivity contribution in [3.05, 3.63) is 135 Å². The van der Waals surface area contributed by atoms with Gasteiger partial charge in [0.1, 0.15) is 22.7 Å². The number of nitrogens with zero attached hydrogens (tertiary/aromatic N) is 3. The Kier molecular flexibility index (Phi) is 8.44. The molecule has 0 fully saturated rings. The quantitative estimate of drug-likeness (QED) is 0.149. The molecule has 3 amide bonds. The predicted octanol–water partition coefficient (Wildman–Crippen LogP) is 6.10. The zero-order valence-corrected chi connectivity index (χ0v) is 25.7. The molecule has 0 saturated carbocycles. The molecule has 0 aliphatic heterocycles. The highest BCUT2D eigenvalue weighted by Crippen LogP contribution is 2.36. The topological polar surface area (TPSA) is 138 Å². The van der Waals surface area contributed by atoms with E-state index in [9.17, 15) is 28.3 Å². The Morgan fingerprint density at radius 3 is 2.55 bits per heavy atom. The van der Waals surface area contributed by atoms with Crippen LogP contribution in [0.5, 0.6) is 0 Å². The van der Waals surface area contributed by atoms with Gasteiger partial charge in [0.2, 0.25) is 0 Å². The maximum absolute atomic E-state index is 13.8. The number of nitrogens with one attached hydrogen (secondary N) is 3. The molecule has 0 saturated heterocycles. The molecule has 0 unspecified atom stereocenters. The molecule has 2 heterocycles. The molecule has 2 aromatic heterocycles. The molecule has 10 nitrogen and oxygen atoms in total. The Balaban J connectivity index is 1.34. The first-order valence-corrected chi connectivity index (χ1v) is 14.9. The smallest absolute Gasteiger partial charge is 0.270 e. The van der Waals surface area contributed by atoms with E-state index < -0.39 is 29.4 Å². The van der Waals surface area contributed by atoms with Gasteiger partial charge in [-0.2, -0.15) is 5.10 Å². The van der Waals surface area contributed by atoms with Gasteiger partial charge >= 0.3 is 0 Å². The monoisotopic (exact) mass is 656 g/mol. The molecule has 4 N–H and O–H groups in total. The minimum atomic E-state index is -1.06. The molecule has 1 aliphatic carbocycles. The Bertz CT molecular complexity index is 2110. The molecule has 0 bridgehead atoms. The fourth-order valence-electron chi connectivity index (χ4n) is 5.65. The zero-order chi connectivity index (χ0) is 33.4. The van der Waals surface area contributed by atoms with Crippen LogP contribution in [0.15, 0.2) is 73.4 Å². The van der Waals surface area contributed by atoms with Crippen molar-refractivity contribution in [3.8, 4) is 0 Å². The number of halogens is 3. The lowest BCUT2D eigenvalue weighted by molar-refractivity contribution is 0.0927. The third kappa shape index (κ3) is 6.15. The van der Waals surface area contributed by atoms with E-state index in [1.165, 1.54) is 22.8 Å². The van der Waals surface area contributed by atoms with Gasteiger partial charge in [-0.05, 0) is 66.3 Å². The van der Waals surface area contributed by atoms with Gasteiger partial charge in [0.15, 0.2) is 17.3 Å². The van der Waals surface area contributed by atoms with E-state index in [2.05, 4.69) is 32.6 Å². The molecule has 1 aliphatic rings. The number of aliphatic hydroxyl groups is 1. The number of aliphatic hydroxyl groups excluding tert-OH is 1. The average molecular weight is 657 g/mol. The lowest BCUT2D eigenvalue weighted by Crippen LogP contribution is -2.31. The molecule has 238 valence electrons. The summed E-state index contributed by atoms with van der Waals surface area (Å²) in [5.74, 6) is -4.08. The molecular weight excluding hydrogens is 630 g/mol. The van der Waals surface area contributed by atoms with Crippen LogP contribution in [0.2, 0.25) is 5.02 Å². The van der Waals surface area contributed by atoms with Crippen LogP contribution in [-0.2, 0) is 13.0 Å². The molecule has 3 aromatic carbocycles. The highest BCUT2D eigenvalue weighted by Gasteiger charge is 2.29. The molecule has 0 radical (unpaired) electrons. The summed E-state index contributed by atoms with van der Waals surface area (Å²) in [4.78, 5) is 44.9. The first-order valence-electron chi connectivity index (χ1n) is 14.5. The Hall–Kier alpha value is -5.62. The summed E-state index contributed by atoms with van der Waals surface area (Å²) in [7, 11) is 0. The van der Waals surface area contributed by atoms with Crippen molar-refractivity contribution >= 4 is 46.4 Å². The second-order valence-corrected chi connectivity index (χ2v) is 11.4. The van der Waals surface area contributed by atoms with Crippen LogP contribution in [0.25, 0.3) is 11.4 Å². The molecule has 6 rings (SSSR count). The number of anilines is 1. The number of hydrogen-bond donors (Lipinski definition) is 4. The third-order valence-electron chi connectivity index (χ3n) is 8.05. The van der Waals surface area contributed by atoms with Crippen LogP contribution in [-0.4, -0.2) is 37.4 Å². The number of rotatable bonds is 8. The van der Waals surface area contributed by atoms with Crippen LogP contribution >= 0.6 is 11.6 Å². The largest absolute Gasteiger partial charge is 0.508 e. The summed E-state index contributed by atoms with van der Waals surface area (Å²) >= 11 is 6.22.